The molecule has 4 atom stereocenters. The van der Waals surface area contributed by atoms with Crippen LogP contribution in [0.25, 0.3) is 0 Å². The van der Waals surface area contributed by atoms with Gasteiger partial charge in [0.2, 0.25) is 0 Å². The molecule has 0 bridgehead atoms. The molecule has 0 spiro atoms. The summed E-state index contributed by atoms with van der Waals surface area (Å²) in [7, 11) is 0. The van der Waals surface area contributed by atoms with Gasteiger partial charge in [0.05, 0.1) is 12.6 Å². The lowest BCUT2D eigenvalue weighted by Crippen LogP contribution is -2.71. The van der Waals surface area contributed by atoms with Crippen molar-refractivity contribution in [2.45, 2.75) is 58.3 Å². The van der Waals surface area contributed by atoms with Crippen molar-refractivity contribution in [2.24, 2.45) is 16.3 Å². The highest BCUT2D eigenvalue weighted by atomic mass is 127. The van der Waals surface area contributed by atoms with Crippen LogP contribution in [0.3, 0.4) is 0 Å². The Morgan fingerprint density at radius 1 is 1.50 bits per heavy atom. The fraction of sp³-hybridized carbons (Fsp3) is 0.737. The van der Waals surface area contributed by atoms with E-state index in [1.54, 1.807) is 11.3 Å². The zero-order valence-electron chi connectivity index (χ0n) is 16.1. The first-order valence-electron chi connectivity index (χ1n) is 9.28. The maximum Gasteiger partial charge on any atom is 0.191 e. The molecule has 2 aliphatic rings. The van der Waals surface area contributed by atoms with Crippen molar-refractivity contribution in [3.05, 3.63) is 22.4 Å². The summed E-state index contributed by atoms with van der Waals surface area (Å²) < 4.78 is 5.99. The van der Waals surface area contributed by atoms with Crippen molar-refractivity contribution < 1.29 is 9.84 Å². The molecule has 0 amide bonds. The molecule has 1 aliphatic carbocycles. The molecule has 148 valence electrons. The number of fused-ring (bicyclic) bond motifs is 1. The normalized spacial score (nSPS) is 29.6. The van der Waals surface area contributed by atoms with Crippen LogP contribution in [0, 0.1) is 11.3 Å². The highest BCUT2D eigenvalue weighted by Crippen LogP contribution is 2.51. The van der Waals surface area contributed by atoms with Gasteiger partial charge in [0.25, 0.3) is 0 Å². The monoisotopic (exact) mass is 493 g/mol. The highest BCUT2D eigenvalue weighted by molar-refractivity contribution is 14.0. The van der Waals surface area contributed by atoms with Crippen LogP contribution < -0.4 is 10.6 Å². The molecule has 3 rings (SSSR count). The molecule has 7 heteroatoms. The van der Waals surface area contributed by atoms with Crippen LogP contribution in [0.4, 0.5) is 0 Å². The largest absolute Gasteiger partial charge is 0.383 e. The van der Waals surface area contributed by atoms with E-state index >= 15 is 0 Å². The third kappa shape index (κ3) is 4.36. The van der Waals surface area contributed by atoms with Crippen molar-refractivity contribution in [2.75, 3.05) is 19.7 Å². The Kier molecular flexibility index (Phi) is 7.38. The summed E-state index contributed by atoms with van der Waals surface area (Å²) in [4.78, 5) is 4.67. The number of nitrogens with zero attached hydrogens (tertiary/aromatic N) is 1. The second kappa shape index (κ2) is 8.75. The second-order valence-corrected chi connectivity index (χ2v) is 8.80. The highest BCUT2D eigenvalue weighted by Gasteiger charge is 2.58. The number of ether oxygens (including phenoxy) is 1. The summed E-state index contributed by atoms with van der Waals surface area (Å²) in [6.07, 6.45) is 2.68. The van der Waals surface area contributed by atoms with Crippen molar-refractivity contribution in [1.82, 2.24) is 10.6 Å². The number of thiophene rings is 1. The summed E-state index contributed by atoms with van der Waals surface area (Å²) in [6, 6.07) is 2.31. The predicted octanol–water partition coefficient (Wildman–Crippen LogP) is 3.33. The van der Waals surface area contributed by atoms with Gasteiger partial charge in [-0.05, 0) is 49.1 Å². The molecule has 1 aliphatic heterocycles. The molecule has 0 aromatic carbocycles. The van der Waals surface area contributed by atoms with E-state index in [9.17, 15) is 5.11 Å². The molecule has 4 unspecified atom stereocenters. The van der Waals surface area contributed by atoms with Gasteiger partial charge in [0, 0.05) is 30.5 Å². The van der Waals surface area contributed by atoms with Gasteiger partial charge in [-0.3, -0.25) is 0 Å². The molecule has 1 saturated carbocycles. The number of nitrogens with one attached hydrogen (secondary N) is 2. The Morgan fingerprint density at radius 3 is 2.92 bits per heavy atom. The van der Waals surface area contributed by atoms with Gasteiger partial charge in [-0.2, -0.15) is 11.3 Å². The maximum absolute atomic E-state index is 10.7. The second-order valence-electron chi connectivity index (χ2n) is 8.02. The summed E-state index contributed by atoms with van der Waals surface area (Å²) >= 11 is 1.59. The molecule has 3 N–H and O–H groups in total. The number of hydrogen-bond acceptors (Lipinski definition) is 4. The fourth-order valence-corrected chi connectivity index (χ4v) is 4.96. The van der Waals surface area contributed by atoms with E-state index in [4.69, 9.17) is 4.74 Å². The van der Waals surface area contributed by atoms with E-state index in [-0.39, 0.29) is 29.4 Å². The van der Waals surface area contributed by atoms with Gasteiger partial charge in [0.15, 0.2) is 5.96 Å². The van der Waals surface area contributed by atoms with E-state index in [0.29, 0.717) is 24.6 Å². The topological polar surface area (TPSA) is 65.9 Å². The van der Waals surface area contributed by atoms with E-state index in [0.717, 1.165) is 31.1 Å². The molecule has 26 heavy (non-hydrogen) atoms. The SMILES string of the molecule is CCNC(=NCC(C)(O)c1ccsc1)NC1C2CCCOC2C1(C)C.I. The first-order valence-corrected chi connectivity index (χ1v) is 10.2. The minimum absolute atomic E-state index is 0. The standard InChI is InChI=1S/C19H31N3O2S.HI/c1-5-20-17(21-12-19(4,23)13-8-10-25-11-13)22-15-14-7-6-9-24-16(14)18(15,2)3;/h8,10-11,14-16,23H,5-7,9,12H2,1-4H3,(H2,20,21,22);1H. The van der Waals surface area contributed by atoms with Crippen LogP contribution >= 0.6 is 35.3 Å². The molecular formula is C19H32IN3O2S. The van der Waals surface area contributed by atoms with E-state index in [1.807, 2.05) is 23.8 Å². The summed E-state index contributed by atoms with van der Waals surface area (Å²) in [5, 5.41) is 21.6. The van der Waals surface area contributed by atoms with Crippen molar-refractivity contribution in [1.29, 1.82) is 0 Å². The van der Waals surface area contributed by atoms with Gasteiger partial charge < -0.3 is 20.5 Å². The summed E-state index contributed by atoms with van der Waals surface area (Å²) in [5.74, 6) is 1.32. The minimum Gasteiger partial charge on any atom is -0.383 e. The Hall–Kier alpha value is -0.380. The zero-order valence-corrected chi connectivity index (χ0v) is 19.3. The molecule has 1 saturated heterocycles. The van der Waals surface area contributed by atoms with Crippen LogP contribution in [0.1, 0.15) is 46.1 Å². The van der Waals surface area contributed by atoms with Crippen LogP contribution in [0.15, 0.2) is 21.8 Å². The molecule has 2 heterocycles. The lowest BCUT2D eigenvalue weighted by molar-refractivity contribution is -0.188. The van der Waals surface area contributed by atoms with Crippen LogP contribution in [-0.2, 0) is 10.3 Å². The fourth-order valence-electron chi connectivity index (χ4n) is 4.18. The molecule has 0 radical (unpaired) electrons. The quantitative estimate of drug-likeness (QED) is 0.335. The Bertz CT molecular complexity index is 604. The molecule has 1 aromatic heterocycles. The number of aliphatic imine (C=N–C) groups is 1. The van der Waals surface area contributed by atoms with Crippen LogP contribution in [0.2, 0.25) is 0 Å². The van der Waals surface area contributed by atoms with Crippen LogP contribution in [0.5, 0.6) is 0 Å². The Balaban J connectivity index is 0.00000243. The number of halogens is 1. The first kappa shape index (κ1) is 21.9. The Labute approximate surface area is 178 Å². The van der Waals surface area contributed by atoms with E-state index in [1.165, 1.54) is 6.42 Å². The number of guanidine groups is 1. The summed E-state index contributed by atoms with van der Waals surface area (Å²) in [5.41, 5.74) is 0.0623. The third-order valence-corrected chi connectivity index (χ3v) is 6.34. The molecule has 1 aromatic rings. The average Bonchev–Trinajstić information content (AvgIpc) is 3.13. The van der Waals surface area contributed by atoms with Crippen molar-refractivity contribution in [3.63, 3.8) is 0 Å². The lowest BCUT2D eigenvalue weighted by Gasteiger charge is -2.60. The molecular weight excluding hydrogens is 461 g/mol. The van der Waals surface area contributed by atoms with E-state index < -0.39 is 5.60 Å². The minimum atomic E-state index is -0.950. The number of hydrogen-bond donors (Lipinski definition) is 3. The van der Waals surface area contributed by atoms with Gasteiger partial charge in [0.1, 0.15) is 5.60 Å². The first-order chi connectivity index (χ1) is 11.9. The average molecular weight is 493 g/mol. The smallest absolute Gasteiger partial charge is 0.191 e. The van der Waals surface area contributed by atoms with Gasteiger partial charge in [-0.1, -0.05) is 13.8 Å². The Morgan fingerprint density at radius 2 is 2.27 bits per heavy atom. The molecule has 2 fully saturated rings. The van der Waals surface area contributed by atoms with Gasteiger partial charge >= 0.3 is 0 Å². The predicted molar refractivity (Wildman–Crippen MR) is 118 cm³/mol. The zero-order chi connectivity index (χ0) is 18.1. The van der Waals surface area contributed by atoms with E-state index in [2.05, 4.69) is 36.4 Å². The van der Waals surface area contributed by atoms with Gasteiger partial charge in [-0.15, -0.1) is 24.0 Å². The van der Waals surface area contributed by atoms with Crippen LogP contribution in [-0.4, -0.2) is 42.9 Å². The van der Waals surface area contributed by atoms with Gasteiger partial charge in [-0.25, -0.2) is 4.99 Å². The third-order valence-electron chi connectivity index (χ3n) is 5.66. The van der Waals surface area contributed by atoms with Crippen molar-refractivity contribution in [3.8, 4) is 0 Å². The summed E-state index contributed by atoms with van der Waals surface area (Å²) in [6.45, 7) is 10.4. The van der Waals surface area contributed by atoms with Crippen molar-refractivity contribution >= 4 is 41.3 Å². The maximum atomic E-state index is 10.7. The number of rotatable bonds is 5. The lowest BCUT2D eigenvalue weighted by atomic mass is 9.55. The number of aliphatic hydroxyl groups is 1. The molecule has 5 nitrogen and oxygen atoms in total.